The fourth-order valence-corrected chi connectivity index (χ4v) is 4.93. The first-order valence-electron chi connectivity index (χ1n) is 10.3. The average molecular weight is 485 g/mol. The van der Waals surface area contributed by atoms with Crippen molar-refractivity contribution in [2.75, 3.05) is 41.6 Å². The Hall–Kier alpha value is -2.93. The molecule has 2 aliphatic heterocycles. The van der Waals surface area contributed by atoms with Gasteiger partial charge in [0.1, 0.15) is 11.4 Å². The van der Waals surface area contributed by atoms with Gasteiger partial charge >= 0.3 is 6.18 Å². The molecule has 1 fully saturated rings. The molecule has 4 rings (SSSR count). The molecule has 1 unspecified atom stereocenters. The second-order valence-corrected chi connectivity index (χ2v) is 10.1. The number of amides is 1. The molecule has 2 N–H and O–H groups in total. The summed E-state index contributed by atoms with van der Waals surface area (Å²) in [7, 11) is -3.37. The summed E-state index contributed by atoms with van der Waals surface area (Å²) in [6, 6.07) is 7.05. The van der Waals surface area contributed by atoms with Crippen LogP contribution in [0.25, 0.3) is 0 Å². The minimum Gasteiger partial charge on any atom is -0.369 e. The summed E-state index contributed by atoms with van der Waals surface area (Å²) in [6.07, 6.45) is -1.46. The van der Waals surface area contributed by atoms with E-state index in [0.29, 0.717) is 31.3 Å². The largest absolute Gasteiger partial charge is 0.421 e. The molecule has 178 valence electrons. The lowest BCUT2D eigenvalue weighted by Crippen LogP contribution is -2.41. The topological polar surface area (TPSA) is 108 Å². The highest BCUT2D eigenvalue weighted by Crippen LogP contribution is 2.35. The minimum atomic E-state index is -4.69. The van der Waals surface area contributed by atoms with Crippen LogP contribution in [0, 0.1) is 5.92 Å². The highest BCUT2D eigenvalue weighted by atomic mass is 32.2. The second kappa shape index (κ2) is 8.78. The van der Waals surface area contributed by atoms with E-state index in [0.717, 1.165) is 11.8 Å². The van der Waals surface area contributed by atoms with E-state index in [-0.39, 0.29) is 37.3 Å². The van der Waals surface area contributed by atoms with E-state index in [1.54, 1.807) is 24.3 Å². The number of nitrogens with zero attached hydrogens (tertiary/aromatic N) is 4. The molecule has 1 atom stereocenters. The Bertz CT molecular complexity index is 1160. The number of hydrogen-bond acceptors (Lipinski definition) is 7. The maximum Gasteiger partial charge on any atom is 0.421 e. The van der Waals surface area contributed by atoms with Crippen molar-refractivity contribution in [2.24, 2.45) is 5.92 Å². The normalized spacial score (nSPS) is 19.5. The Kier molecular flexibility index (Phi) is 6.18. The zero-order valence-electron chi connectivity index (χ0n) is 17.8. The summed E-state index contributed by atoms with van der Waals surface area (Å²) in [4.78, 5) is 20.1. The summed E-state index contributed by atoms with van der Waals surface area (Å²) < 4.78 is 65.6. The number of nitrogens with one attached hydrogen (secondary N) is 2. The number of carbonyl (C=O) groups excluding carboxylic acids is 1. The van der Waals surface area contributed by atoms with Gasteiger partial charge in [-0.25, -0.2) is 22.7 Å². The van der Waals surface area contributed by atoms with Crippen LogP contribution in [0.4, 0.5) is 30.6 Å². The average Bonchev–Trinajstić information content (AvgIpc) is 3.06. The quantitative estimate of drug-likeness (QED) is 0.649. The van der Waals surface area contributed by atoms with Crippen molar-refractivity contribution in [3.8, 4) is 0 Å². The summed E-state index contributed by atoms with van der Waals surface area (Å²) >= 11 is 0. The number of alkyl halides is 3. The SMILES string of the molecule is CS(=O)(=O)N1CCCC(CNc2nc(NN3C(=O)Cc4ccccc43)ncc2C(F)(F)F)C1. The Morgan fingerprint density at radius 3 is 2.73 bits per heavy atom. The molecule has 1 saturated heterocycles. The molecule has 0 radical (unpaired) electrons. The molecule has 2 aromatic rings. The van der Waals surface area contributed by atoms with E-state index >= 15 is 0 Å². The molecule has 2 aliphatic rings. The van der Waals surface area contributed by atoms with Crippen LogP contribution in [0.5, 0.6) is 0 Å². The molecule has 1 aromatic heterocycles. The van der Waals surface area contributed by atoms with Gasteiger partial charge in [0.15, 0.2) is 0 Å². The van der Waals surface area contributed by atoms with E-state index < -0.39 is 27.6 Å². The van der Waals surface area contributed by atoms with Crippen molar-refractivity contribution < 1.29 is 26.4 Å². The minimum absolute atomic E-state index is 0.108. The van der Waals surface area contributed by atoms with Crippen molar-refractivity contribution in [3.05, 3.63) is 41.6 Å². The van der Waals surface area contributed by atoms with Crippen LogP contribution in [-0.4, -0.2) is 54.5 Å². The van der Waals surface area contributed by atoms with Crippen LogP contribution < -0.4 is 15.8 Å². The predicted octanol–water partition coefficient (Wildman–Crippen LogP) is 2.50. The fourth-order valence-electron chi connectivity index (χ4n) is 3.99. The summed E-state index contributed by atoms with van der Waals surface area (Å²) in [5.74, 6) is -1.06. The van der Waals surface area contributed by atoms with Crippen molar-refractivity contribution in [1.82, 2.24) is 14.3 Å². The highest BCUT2D eigenvalue weighted by Gasteiger charge is 2.36. The zero-order chi connectivity index (χ0) is 23.8. The summed E-state index contributed by atoms with van der Waals surface area (Å²) in [5, 5.41) is 3.94. The number of para-hydroxylation sites is 1. The number of rotatable bonds is 6. The van der Waals surface area contributed by atoms with Gasteiger partial charge in [0.2, 0.25) is 21.9 Å². The molecule has 9 nitrogen and oxygen atoms in total. The molecular formula is C20H23F3N6O3S. The van der Waals surface area contributed by atoms with Gasteiger partial charge in [-0.15, -0.1) is 0 Å². The molecule has 0 saturated carbocycles. The lowest BCUT2D eigenvalue weighted by molar-refractivity contribution is -0.137. The van der Waals surface area contributed by atoms with E-state index in [1.807, 2.05) is 0 Å². The maximum atomic E-state index is 13.5. The Morgan fingerprint density at radius 2 is 2.00 bits per heavy atom. The van der Waals surface area contributed by atoms with Crippen molar-refractivity contribution in [3.63, 3.8) is 0 Å². The zero-order valence-corrected chi connectivity index (χ0v) is 18.6. The van der Waals surface area contributed by atoms with Crippen molar-refractivity contribution in [2.45, 2.75) is 25.4 Å². The second-order valence-electron chi connectivity index (χ2n) is 8.11. The molecule has 13 heteroatoms. The number of sulfonamides is 1. The molecule has 3 heterocycles. The van der Waals surface area contributed by atoms with Gasteiger partial charge in [-0.05, 0) is 30.4 Å². The van der Waals surface area contributed by atoms with Crippen LogP contribution in [-0.2, 0) is 27.4 Å². The molecular weight excluding hydrogens is 461 g/mol. The first-order valence-corrected chi connectivity index (χ1v) is 12.2. The molecule has 33 heavy (non-hydrogen) atoms. The number of hydrazine groups is 1. The van der Waals surface area contributed by atoms with Gasteiger partial charge in [-0.2, -0.15) is 18.2 Å². The Morgan fingerprint density at radius 1 is 1.24 bits per heavy atom. The lowest BCUT2D eigenvalue weighted by atomic mass is 10.00. The van der Waals surface area contributed by atoms with Gasteiger partial charge in [0.25, 0.3) is 0 Å². The first kappa shape index (κ1) is 23.2. The fraction of sp³-hybridized carbons (Fsp3) is 0.450. The van der Waals surface area contributed by atoms with E-state index in [2.05, 4.69) is 20.7 Å². The lowest BCUT2D eigenvalue weighted by Gasteiger charge is -2.31. The van der Waals surface area contributed by atoms with Crippen LogP contribution >= 0.6 is 0 Å². The van der Waals surface area contributed by atoms with Gasteiger partial charge in [-0.3, -0.25) is 10.2 Å². The summed E-state index contributed by atoms with van der Waals surface area (Å²) in [5.41, 5.74) is 3.02. The number of halogens is 3. The number of anilines is 3. The van der Waals surface area contributed by atoms with Crippen LogP contribution in [0.3, 0.4) is 0 Å². The molecule has 0 bridgehead atoms. The first-order chi connectivity index (χ1) is 15.5. The van der Waals surface area contributed by atoms with Crippen LogP contribution in [0.15, 0.2) is 30.5 Å². The molecule has 1 aromatic carbocycles. The third-order valence-electron chi connectivity index (χ3n) is 5.64. The van der Waals surface area contributed by atoms with Gasteiger partial charge in [0.05, 0.1) is 18.4 Å². The maximum absolute atomic E-state index is 13.5. The third-order valence-corrected chi connectivity index (χ3v) is 6.91. The number of benzene rings is 1. The molecule has 1 amide bonds. The monoisotopic (exact) mass is 484 g/mol. The predicted molar refractivity (Wildman–Crippen MR) is 116 cm³/mol. The number of aromatic nitrogens is 2. The number of piperidine rings is 1. The van der Waals surface area contributed by atoms with E-state index in [1.165, 1.54) is 9.31 Å². The van der Waals surface area contributed by atoms with E-state index in [9.17, 15) is 26.4 Å². The van der Waals surface area contributed by atoms with Gasteiger partial charge < -0.3 is 5.32 Å². The molecule has 0 aliphatic carbocycles. The molecule has 0 spiro atoms. The van der Waals surface area contributed by atoms with Crippen LogP contribution in [0.1, 0.15) is 24.0 Å². The number of carbonyl (C=O) groups is 1. The smallest absolute Gasteiger partial charge is 0.369 e. The van der Waals surface area contributed by atoms with Gasteiger partial charge in [0, 0.05) is 25.8 Å². The third kappa shape index (κ3) is 5.19. The standard InChI is InChI=1S/C20H23F3N6O3S/c1-33(31,32)28-8-4-5-13(12-28)10-24-18-15(20(21,22)23)11-25-19(26-18)27-29-16-7-3-2-6-14(16)9-17(29)30/h2-3,6-7,11,13H,4-5,8-10,12H2,1H3,(H2,24,25,26,27). The Balaban J connectivity index is 1.53. The number of fused-ring (bicyclic) bond motifs is 1. The van der Waals surface area contributed by atoms with Gasteiger partial charge in [-0.1, -0.05) is 18.2 Å². The Labute approximate surface area is 189 Å². The van der Waals surface area contributed by atoms with E-state index in [4.69, 9.17) is 0 Å². The van der Waals surface area contributed by atoms with Crippen molar-refractivity contribution >= 4 is 33.4 Å². The van der Waals surface area contributed by atoms with Crippen molar-refractivity contribution in [1.29, 1.82) is 0 Å². The highest BCUT2D eigenvalue weighted by molar-refractivity contribution is 7.88. The number of hydrogen-bond donors (Lipinski definition) is 2. The summed E-state index contributed by atoms with van der Waals surface area (Å²) in [6.45, 7) is 0.732. The van der Waals surface area contributed by atoms with Crippen LogP contribution in [0.2, 0.25) is 0 Å².